The van der Waals surface area contributed by atoms with Crippen LogP contribution in [0.5, 0.6) is 0 Å². The van der Waals surface area contributed by atoms with E-state index in [9.17, 15) is 4.79 Å². The van der Waals surface area contributed by atoms with Gasteiger partial charge >= 0.3 is 5.97 Å². The third kappa shape index (κ3) is 3.85. The van der Waals surface area contributed by atoms with E-state index in [1.54, 1.807) is 0 Å². The molecule has 0 saturated heterocycles. The van der Waals surface area contributed by atoms with E-state index in [1.807, 2.05) is 61.5 Å². The molecule has 0 fully saturated rings. The Balaban J connectivity index is 2.07. The summed E-state index contributed by atoms with van der Waals surface area (Å²) in [6, 6.07) is 17.5. The average Bonchev–Trinajstić information content (AvgIpc) is 3.02. The summed E-state index contributed by atoms with van der Waals surface area (Å²) in [5, 5.41) is 0. The SMILES string of the molecule is CCCC/C(C(=O)OCC)=C1\OC(=Nc2ccccc2)c2ccccc21. The molecule has 3 rings (SSSR count). The summed E-state index contributed by atoms with van der Waals surface area (Å²) in [6.45, 7) is 4.25. The number of unbranched alkanes of at least 4 members (excludes halogenated alkanes) is 1. The van der Waals surface area contributed by atoms with Crippen molar-refractivity contribution in [3.63, 3.8) is 0 Å². The number of aliphatic imine (C=N–C) groups is 1. The molecule has 0 unspecified atom stereocenters. The van der Waals surface area contributed by atoms with Crippen molar-refractivity contribution in [2.45, 2.75) is 33.1 Å². The lowest BCUT2D eigenvalue weighted by Crippen LogP contribution is -2.10. The van der Waals surface area contributed by atoms with E-state index < -0.39 is 0 Å². The Kier molecular flexibility index (Phi) is 5.84. The normalized spacial score (nSPS) is 16.2. The van der Waals surface area contributed by atoms with E-state index >= 15 is 0 Å². The first kappa shape index (κ1) is 17.9. The van der Waals surface area contributed by atoms with Crippen LogP contribution in [0, 0.1) is 0 Å². The van der Waals surface area contributed by atoms with Gasteiger partial charge in [0.15, 0.2) is 0 Å². The van der Waals surface area contributed by atoms with Crippen LogP contribution in [0.25, 0.3) is 5.76 Å². The van der Waals surface area contributed by atoms with Gasteiger partial charge in [0.05, 0.1) is 17.9 Å². The summed E-state index contributed by atoms with van der Waals surface area (Å²) in [6.07, 6.45) is 2.51. The van der Waals surface area contributed by atoms with Gasteiger partial charge in [-0.25, -0.2) is 9.79 Å². The maximum atomic E-state index is 12.5. The van der Waals surface area contributed by atoms with Crippen LogP contribution in [-0.2, 0) is 14.3 Å². The summed E-state index contributed by atoms with van der Waals surface area (Å²) in [7, 11) is 0. The van der Waals surface area contributed by atoms with Gasteiger partial charge in [-0.1, -0.05) is 49.7 Å². The average molecular weight is 349 g/mol. The Morgan fingerprint density at radius 3 is 2.38 bits per heavy atom. The third-order valence-electron chi connectivity index (χ3n) is 4.16. The summed E-state index contributed by atoms with van der Waals surface area (Å²) in [5.41, 5.74) is 3.18. The van der Waals surface area contributed by atoms with E-state index in [4.69, 9.17) is 9.47 Å². The molecule has 4 nitrogen and oxygen atoms in total. The second-order valence-corrected chi connectivity index (χ2v) is 6.03. The van der Waals surface area contributed by atoms with Crippen LogP contribution >= 0.6 is 0 Å². The number of hydrogen-bond donors (Lipinski definition) is 0. The first-order valence-corrected chi connectivity index (χ1v) is 9.06. The zero-order chi connectivity index (χ0) is 18.4. The molecule has 134 valence electrons. The van der Waals surface area contributed by atoms with Gasteiger partial charge in [0.25, 0.3) is 0 Å². The Morgan fingerprint density at radius 2 is 1.69 bits per heavy atom. The molecule has 0 saturated carbocycles. The van der Waals surface area contributed by atoms with Crippen molar-refractivity contribution in [3.8, 4) is 0 Å². The van der Waals surface area contributed by atoms with E-state index in [-0.39, 0.29) is 5.97 Å². The summed E-state index contributed by atoms with van der Waals surface area (Å²) >= 11 is 0. The smallest absolute Gasteiger partial charge is 0.337 e. The minimum atomic E-state index is -0.313. The summed E-state index contributed by atoms with van der Waals surface area (Å²) in [5.74, 6) is 0.772. The Morgan fingerprint density at radius 1 is 1.00 bits per heavy atom. The van der Waals surface area contributed by atoms with Crippen molar-refractivity contribution in [1.82, 2.24) is 0 Å². The standard InChI is InChI=1S/C22H23NO3/c1-3-5-13-19(22(24)25-4-2)20-17-14-9-10-15-18(17)21(26-20)23-16-11-7-6-8-12-16/h6-12,14-15H,3-5,13H2,1-2H3/b20-19+,23-21?. The number of benzene rings is 2. The van der Waals surface area contributed by atoms with E-state index in [0.29, 0.717) is 30.3 Å². The minimum Gasteiger partial charge on any atom is -0.463 e. The van der Waals surface area contributed by atoms with E-state index in [1.165, 1.54) is 0 Å². The van der Waals surface area contributed by atoms with Gasteiger partial charge < -0.3 is 9.47 Å². The van der Waals surface area contributed by atoms with Crippen molar-refractivity contribution in [2.24, 2.45) is 4.99 Å². The number of fused-ring (bicyclic) bond motifs is 1. The number of para-hydroxylation sites is 1. The van der Waals surface area contributed by atoms with Gasteiger partial charge in [-0.2, -0.15) is 0 Å². The first-order chi connectivity index (χ1) is 12.7. The predicted octanol–water partition coefficient (Wildman–Crippen LogP) is 5.26. The van der Waals surface area contributed by atoms with Crippen LogP contribution in [0.15, 0.2) is 65.2 Å². The molecule has 2 aromatic rings. The second kappa shape index (κ2) is 8.48. The minimum absolute atomic E-state index is 0.313. The number of nitrogens with zero attached hydrogens (tertiary/aromatic N) is 1. The molecule has 0 aliphatic carbocycles. The number of carbonyl (C=O) groups excluding carboxylic acids is 1. The van der Waals surface area contributed by atoms with Gasteiger partial charge in [-0.3, -0.25) is 0 Å². The molecule has 0 bridgehead atoms. The van der Waals surface area contributed by atoms with Crippen molar-refractivity contribution in [2.75, 3.05) is 6.61 Å². The molecule has 0 spiro atoms. The molecule has 1 heterocycles. The number of carbonyl (C=O) groups is 1. The number of rotatable bonds is 6. The zero-order valence-corrected chi connectivity index (χ0v) is 15.2. The zero-order valence-electron chi connectivity index (χ0n) is 15.2. The molecule has 0 radical (unpaired) electrons. The summed E-state index contributed by atoms with van der Waals surface area (Å²) < 4.78 is 11.4. The number of hydrogen-bond acceptors (Lipinski definition) is 4. The fraction of sp³-hybridized carbons (Fsp3) is 0.273. The predicted molar refractivity (Wildman–Crippen MR) is 103 cm³/mol. The van der Waals surface area contributed by atoms with Crippen LogP contribution in [0.1, 0.15) is 44.2 Å². The highest BCUT2D eigenvalue weighted by atomic mass is 16.5. The molecule has 26 heavy (non-hydrogen) atoms. The molecule has 0 aromatic heterocycles. The van der Waals surface area contributed by atoms with Crippen LogP contribution < -0.4 is 0 Å². The highest BCUT2D eigenvalue weighted by Gasteiger charge is 2.30. The fourth-order valence-electron chi connectivity index (χ4n) is 2.88. The molecular weight excluding hydrogens is 326 g/mol. The lowest BCUT2D eigenvalue weighted by molar-refractivity contribution is -0.138. The van der Waals surface area contributed by atoms with Gasteiger partial charge in [0.1, 0.15) is 5.76 Å². The molecule has 0 atom stereocenters. The van der Waals surface area contributed by atoms with Crippen molar-refractivity contribution >= 4 is 23.3 Å². The molecule has 0 amide bonds. The van der Waals surface area contributed by atoms with Crippen LogP contribution in [0.3, 0.4) is 0 Å². The van der Waals surface area contributed by atoms with E-state index in [0.717, 1.165) is 29.7 Å². The highest BCUT2D eigenvalue weighted by Crippen LogP contribution is 2.35. The van der Waals surface area contributed by atoms with Gasteiger partial charge in [0, 0.05) is 11.1 Å². The Hall–Kier alpha value is -2.88. The van der Waals surface area contributed by atoms with Crippen LogP contribution in [0.2, 0.25) is 0 Å². The quantitative estimate of drug-likeness (QED) is 0.528. The molecule has 2 aromatic carbocycles. The molecular formula is C22H23NO3. The Labute approximate surface area is 154 Å². The lowest BCUT2D eigenvalue weighted by Gasteiger charge is -2.10. The largest absolute Gasteiger partial charge is 0.463 e. The molecule has 1 aliphatic heterocycles. The third-order valence-corrected chi connectivity index (χ3v) is 4.16. The molecule has 0 N–H and O–H groups in total. The van der Waals surface area contributed by atoms with Crippen molar-refractivity contribution in [1.29, 1.82) is 0 Å². The maximum absolute atomic E-state index is 12.5. The fourth-order valence-corrected chi connectivity index (χ4v) is 2.88. The first-order valence-electron chi connectivity index (χ1n) is 9.06. The van der Waals surface area contributed by atoms with Crippen molar-refractivity contribution < 1.29 is 14.3 Å². The Bertz CT molecular complexity index is 837. The number of ether oxygens (including phenoxy) is 2. The highest BCUT2D eigenvalue weighted by molar-refractivity contribution is 6.11. The second-order valence-electron chi connectivity index (χ2n) is 6.03. The molecule has 4 heteroatoms. The summed E-state index contributed by atoms with van der Waals surface area (Å²) in [4.78, 5) is 17.1. The van der Waals surface area contributed by atoms with Crippen molar-refractivity contribution in [3.05, 3.63) is 71.3 Å². The number of esters is 1. The van der Waals surface area contributed by atoms with Gasteiger partial charge in [-0.05, 0) is 38.0 Å². The molecule has 1 aliphatic rings. The van der Waals surface area contributed by atoms with Crippen LogP contribution in [-0.4, -0.2) is 18.5 Å². The van der Waals surface area contributed by atoms with E-state index in [2.05, 4.69) is 11.9 Å². The monoisotopic (exact) mass is 349 g/mol. The van der Waals surface area contributed by atoms with Crippen LogP contribution in [0.4, 0.5) is 5.69 Å². The topological polar surface area (TPSA) is 47.9 Å². The maximum Gasteiger partial charge on any atom is 0.337 e. The van der Waals surface area contributed by atoms with Gasteiger partial charge in [0.2, 0.25) is 5.90 Å². The lowest BCUT2D eigenvalue weighted by atomic mass is 10.0. The van der Waals surface area contributed by atoms with Gasteiger partial charge in [-0.15, -0.1) is 0 Å².